The molecule has 1 aromatic heterocycles. The summed E-state index contributed by atoms with van der Waals surface area (Å²) in [6, 6.07) is 16.3. The molecule has 0 unspecified atom stereocenters. The molecule has 5 nitrogen and oxygen atoms in total. The fourth-order valence-electron chi connectivity index (χ4n) is 4.06. The Balaban J connectivity index is 1.36. The van der Waals surface area contributed by atoms with Gasteiger partial charge in [0.15, 0.2) is 0 Å². The van der Waals surface area contributed by atoms with Gasteiger partial charge < -0.3 is 10.1 Å². The zero-order chi connectivity index (χ0) is 20.9. The second-order valence-corrected chi connectivity index (χ2v) is 7.94. The van der Waals surface area contributed by atoms with E-state index in [4.69, 9.17) is 4.74 Å². The van der Waals surface area contributed by atoms with Crippen LogP contribution in [0.4, 0.5) is 5.69 Å². The van der Waals surface area contributed by atoms with Gasteiger partial charge in [0.25, 0.3) is 0 Å². The van der Waals surface area contributed by atoms with Gasteiger partial charge in [0.05, 0.1) is 25.2 Å². The summed E-state index contributed by atoms with van der Waals surface area (Å²) in [5, 5.41) is 4.14. The van der Waals surface area contributed by atoms with Crippen molar-refractivity contribution in [3.63, 3.8) is 0 Å². The molecule has 1 aliphatic heterocycles. The zero-order valence-electron chi connectivity index (χ0n) is 17.8. The summed E-state index contributed by atoms with van der Waals surface area (Å²) in [4.78, 5) is 19.8. The Labute approximate surface area is 178 Å². The molecular weight excluding hydrogens is 374 g/mol. The van der Waals surface area contributed by atoms with Crippen LogP contribution in [-0.4, -0.2) is 48.6 Å². The summed E-state index contributed by atoms with van der Waals surface area (Å²) in [6.07, 6.45) is 1.34. The monoisotopic (exact) mass is 403 g/mol. The number of ether oxygens (including phenoxy) is 1. The highest BCUT2D eigenvalue weighted by molar-refractivity contribution is 5.94. The summed E-state index contributed by atoms with van der Waals surface area (Å²) in [5.41, 5.74) is 6.15. The molecule has 1 aliphatic rings. The number of aryl methyl sites for hydroxylation is 2. The number of hydrogen-bond acceptors (Lipinski definition) is 4. The van der Waals surface area contributed by atoms with Gasteiger partial charge in [-0.15, -0.1) is 0 Å². The van der Waals surface area contributed by atoms with Gasteiger partial charge in [-0.2, -0.15) is 0 Å². The van der Waals surface area contributed by atoms with Crippen LogP contribution in [0.1, 0.15) is 22.4 Å². The van der Waals surface area contributed by atoms with Gasteiger partial charge >= 0.3 is 0 Å². The average molecular weight is 404 g/mol. The quantitative estimate of drug-likeness (QED) is 0.678. The van der Waals surface area contributed by atoms with E-state index in [1.54, 1.807) is 0 Å². The molecule has 1 amide bonds. The van der Waals surface area contributed by atoms with Gasteiger partial charge in [0.1, 0.15) is 0 Å². The van der Waals surface area contributed by atoms with E-state index in [9.17, 15) is 4.79 Å². The Morgan fingerprint density at radius 3 is 2.57 bits per heavy atom. The Hall–Kier alpha value is -2.76. The molecule has 1 saturated heterocycles. The molecule has 0 saturated carbocycles. The standard InChI is InChI=1S/C25H29N3O2/c1-18-22-5-3-4-6-24(22)26-19(2)23(18)17-25(29)27-21-9-7-20(8-10-21)11-12-28-13-15-30-16-14-28/h3-10H,11-17H2,1-2H3,(H,27,29). The number of carbonyl (C=O) groups excluding carboxylic acids is 1. The number of amides is 1. The highest BCUT2D eigenvalue weighted by Gasteiger charge is 2.13. The molecule has 0 radical (unpaired) electrons. The van der Waals surface area contributed by atoms with Crippen molar-refractivity contribution in [2.24, 2.45) is 0 Å². The summed E-state index contributed by atoms with van der Waals surface area (Å²) in [5.74, 6) is -0.0145. The molecule has 0 bridgehead atoms. The SMILES string of the molecule is Cc1nc2ccccc2c(C)c1CC(=O)Nc1ccc(CCN2CCOCC2)cc1. The Kier molecular flexibility index (Phi) is 6.41. The number of fused-ring (bicyclic) bond motifs is 1. The maximum atomic E-state index is 12.7. The number of benzene rings is 2. The largest absolute Gasteiger partial charge is 0.379 e. The van der Waals surface area contributed by atoms with Gasteiger partial charge in [-0.1, -0.05) is 30.3 Å². The first-order valence-corrected chi connectivity index (χ1v) is 10.6. The topological polar surface area (TPSA) is 54.5 Å². The summed E-state index contributed by atoms with van der Waals surface area (Å²) >= 11 is 0. The molecule has 2 aromatic carbocycles. The van der Waals surface area contributed by atoms with Crippen LogP contribution in [0.5, 0.6) is 0 Å². The van der Waals surface area contributed by atoms with Crippen LogP contribution in [0.3, 0.4) is 0 Å². The molecule has 5 heteroatoms. The van der Waals surface area contributed by atoms with Crippen molar-refractivity contribution in [1.82, 2.24) is 9.88 Å². The highest BCUT2D eigenvalue weighted by Crippen LogP contribution is 2.23. The lowest BCUT2D eigenvalue weighted by Crippen LogP contribution is -2.37. The molecule has 30 heavy (non-hydrogen) atoms. The number of anilines is 1. The molecule has 1 fully saturated rings. The molecular formula is C25H29N3O2. The number of nitrogens with zero attached hydrogens (tertiary/aromatic N) is 2. The van der Waals surface area contributed by atoms with Crippen molar-refractivity contribution in [2.45, 2.75) is 26.7 Å². The van der Waals surface area contributed by atoms with Crippen molar-refractivity contribution in [2.75, 3.05) is 38.2 Å². The van der Waals surface area contributed by atoms with E-state index in [1.165, 1.54) is 5.56 Å². The molecule has 2 heterocycles. The van der Waals surface area contributed by atoms with Crippen molar-refractivity contribution >= 4 is 22.5 Å². The molecule has 4 rings (SSSR count). The van der Waals surface area contributed by atoms with Gasteiger partial charge in [-0.3, -0.25) is 14.7 Å². The molecule has 1 N–H and O–H groups in total. The van der Waals surface area contributed by atoms with E-state index in [2.05, 4.69) is 40.3 Å². The van der Waals surface area contributed by atoms with Crippen molar-refractivity contribution in [3.8, 4) is 0 Å². The Morgan fingerprint density at radius 1 is 1.07 bits per heavy atom. The predicted molar refractivity (Wildman–Crippen MR) is 121 cm³/mol. The third-order valence-electron chi connectivity index (χ3n) is 5.88. The Morgan fingerprint density at radius 2 is 1.80 bits per heavy atom. The minimum atomic E-state index is -0.0145. The van der Waals surface area contributed by atoms with Crippen molar-refractivity contribution in [3.05, 3.63) is 70.9 Å². The summed E-state index contributed by atoms with van der Waals surface area (Å²) in [7, 11) is 0. The lowest BCUT2D eigenvalue weighted by atomic mass is 9.99. The van der Waals surface area contributed by atoms with Crippen LogP contribution in [-0.2, 0) is 22.4 Å². The summed E-state index contributed by atoms with van der Waals surface area (Å²) in [6.45, 7) is 8.78. The van der Waals surface area contributed by atoms with Gasteiger partial charge in [0, 0.05) is 36.4 Å². The number of carbonyl (C=O) groups is 1. The molecule has 3 aromatic rings. The molecule has 0 spiro atoms. The first kappa shape index (κ1) is 20.5. The first-order chi connectivity index (χ1) is 14.6. The van der Waals surface area contributed by atoms with Crippen LogP contribution < -0.4 is 5.32 Å². The number of hydrogen-bond donors (Lipinski definition) is 1. The average Bonchev–Trinajstić information content (AvgIpc) is 2.77. The number of aromatic nitrogens is 1. The fraction of sp³-hybridized carbons (Fsp3) is 0.360. The second-order valence-electron chi connectivity index (χ2n) is 7.94. The van der Waals surface area contributed by atoms with E-state index in [-0.39, 0.29) is 5.91 Å². The normalized spacial score (nSPS) is 14.7. The van der Waals surface area contributed by atoms with Crippen LogP contribution in [0, 0.1) is 13.8 Å². The minimum Gasteiger partial charge on any atom is -0.379 e. The maximum absolute atomic E-state index is 12.7. The number of para-hydroxylation sites is 1. The number of pyridine rings is 1. The highest BCUT2D eigenvalue weighted by atomic mass is 16.5. The molecule has 0 aliphatic carbocycles. The number of nitrogens with one attached hydrogen (secondary N) is 1. The lowest BCUT2D eigenvalue weighted by molar-refractivity contribution is -0.115. The van der Waals surface area contributed by atoms with Gasteiger partial charge in [-0.05, 0) is 55.2 Å². The number of rotatable bonds is 6. The summed E-state index contributed by atoms with van der Waals surface area (Å²) < 4.78 is 5.40. The van der Waals surface area contributed by atoms with E-state index in [0.717, 1.165) is 72.7 Å². The first-order valence-electron chi connectivity index (χ1n) is 10.6. The smallest absolute Gasteiger partial charge is 0.228 e. The van der Waals surface area contributed by atoms with E-state index >= 15 is 0 Å². The Bertz CT molecular complexity index is 1020. The van der Waals surface area contributed by atoms with Crippen LogP contribution in [0.25, 0.3) is 10.9 Å². The second kappa shape index (κ2) is 9.37. The third kappa shape index (κ3) is 4.86. The van der Waals surface area contributed by atoms with Crippen molar-refractivity contribution in [1.29, 1.82) is 0 Å². The maximum Gasteiger partial charge on any atom is 0.228 e. The molecule has 0 atom stereocenters. The van der Waals surface area contributed by atoms with Crippen LogP contribution in [0.2, 0.25) is 0 Å². The lowest BCUT2D eigenvalue weighted by Gasteiger charge is -2.26. The van der Waals surface area contributed by atoms with Crippen molar-refractivity contribution < 1.29 is 9.53 Å². The third-order valence-corrected chi connectivity index (χ3v) is 5.88. The van der Waals surface area contributed by atoms with Crippen LogP contribution in [0.15, 0.2) is 48.5 Å². The van der Waals surface area contributed by atoms with E-state index in [0.29, 0.717) is 6.42 Å². The molecule has 156 valence electrons. The van der Waals surface area contributed by atoms with Gasteiger partial charge in [0.2, 0.25) is 5.91 Å². The number of morpholine rings is 1. The van der Waals surface area contributed by atoms with E-state index in [1.807, 2.05) is 37.3 Å². The van der Waals surface area contributed by atoms with E-state index < -0.39 is 0 Å². The van der Waals surface area contributed by atoms with Crippen LogP contribution >= 0.6 is 0 Å². The minimum absolute atomic E-state index is 0.0145. The fourth-order valence-corrected chi connectivity index (χ4v) is 4.06. The zero-order valence-corrected chi connectivity index (χ0v) is 17.8. The predicted octanol–water partition coefficient (Wildman–Crippen LogP) is 3.91. The van der Waals surface area contributed by atoms with Gasteiger partial charge in [-0.25, -0.2) is 0 Å².